The number of benzene rings is 1. The van der Waals surface area contributed by atoms with E-state index in [2.05, 4.69) is 21.3 Å². The van der Waals surface area contributed by atoms with Crippen molar-refractivity contribution in [2.45, 2.75) is 0 Å². The Morgan fingerprint density at radius 1 is 1.33 bits per heavy atom. The fourth-order valence-corrected chi connectivity index (χ4v) is 2.51. The van der Waals surface area contributed by atoms with Gasteiger partial charge in [0.05, 0.1) is 18.3 Å². The maximum Gasteiger partial charge on any atom is 0.357 e. The number of esters is 1. The lowest BCUT2D eigenvalue weighted by Crippen LogP contribution is -2.12. The van der Waals surface area contributed by atoms with Crippen molar-refractivity contribution in [2.24, 2.45) is 0 Å². The number of fused-ring (bicyclic) bond motifs is 1. The predicted octanol–water partition coefficient (Wildman–Crippen LogP) is 3.52. The van der Waals surface area contributed by atoms with Crippen molar-refractivity contribution in [3.63, 3.8) is 0 Å². The van der Waals surface area contributed by atoms with Crippen molar-refractivity contribution in [2.75, 3.05) is 12.8 Å². The number of hydrogen-bond acceptors (Lipinski definition) is 4. The number of pyridine rings is 1. The highest BCUT2D eigenvalue weighted by Gasteiger charge is 2.24. The van der Waals surface area contributed by atoms with Gasteiger partial charge < -0.3 is 15.5 Å². The Labute approximate surface area is 135 Å². The standard InChI is InChI=1S/C17H13F2N3O2/c1-3-9-13(20)12(19)15(22-16(9)17(23)24-2)10-5-4-8-6-7-21-14(8)11(10)18/h3-7,21H,1H2,2H3,(H2,20,22). The molecule has 122 valence electrons. The number of aromatic nitrogens is 2. The third-order valence-corrected chi connectivity index (χ3v) is 3.72. The van der Waals surface area contributed by atoms with E-state index in [0.29, 0.717) is 5.39 Å². The summed E-state index contributed by atoms with van der Waals surface area (Å²) in [7, 11) is 1.15. The van der Waals surface area contributed by atoms with Crippen LogP contribution >= 0.6 is 0 Å². The lowest BCUT2D eigenvalue weighted by molar-refractivity contribution is 0.0594. The van der Waals surface area contributed by atoms with Crippen LogP contribution in [0.1, 0.15) is 16.1 Å². The third-order valence-electron chi connectivity index (χ3n) is 3.72. The monoisotopic (exact) mass is 329 g/mol. The third kappa shape index (κ3) is 2.21. The SMILES string of the molecule is C=Cc1c(C(=O)OC)nc(-c2ccc3cc[nH]c3c2F)c(F)c1N. The summed E-state index contributed by atoms with van der Waals surface area (Å²) in [6, 6.07) is 4.67. The summed E-state index contributed by atoms with van der Waals surface area (Å²) in [4.78, 5) is 18.6. The molecule has 0 bridgehead atoms. The molecule has 0 saturated heterocycles. The average Bonchev–Trinajstić information content (AvgIpc) is 3.07. The zero-order valence-corrected chi connectivity index (χ0v) is 12.7. The molecule has 2 aromatic heterocycles. The summed E-state index contributed by atoms with van der Waals surface area (Å²) in [6.45, 7) is 3.49. The minimum atomic E-state index is -0.928. The van der Waals surface area contributed by atoms with Gasteiger partial charge in [0.1, 0.15) is 5.69 Å². The van der Waals surface area contributed by atoms with Gasteiger partial charge >= 0.3 is 5.97 Å². The van der Waals surface area contributed by atoms with Gasteiger partial charge in [-0.1, -0.05) is 18.7 Å². The van der Waals surface area contributed by atoms with Gasteiger partial charge in [-0.15, -0.1) is 0 Å². The van der Waals surface area contributed by atoms with Crippen LogP contribution in [0.25, 0.3) is 28.2 Å². The average molecular weight is 329 g/mol. The highest BCUT2D eigenvalue weighted by molar-refractivity contribution is 5.95. The van der Waals surface area contributed by atoms with Gasteiger partial charge in [-0.05, 0) is 12.1 Å². The fourth-order valence-electron chi connectivity index (χ4n) is 2.51. The van der Waals surface area contributed by atoms with Crippen LogP contribution in [0.15, 0.2) is 31.0 Å². The minimum absolute atomic E-state index is 0.00413. The van der Waals surface area contributed by atoms with Crippen LogP contribution in [-0.2, 0) is 4.74 Å². The van der Waals surface area contributed by atoms with E-state index in [1.165, 1.54) is 12.1 Å². The van der Waals surface area contributed by atoms with Gasteiger partial charge in [-0.2, -0.15) is 0 Å². The van der Waals surface area contributed by atoms with Crippen molar-refractivity contribution < 1.29 is 18.3 Å². The topological polar surface area (TPSA) is 81.0 Å². The summed E-state index contributed by atoms with van der Waals surface area (Å²) in [5.41, 5.74) is 4.90. The molecule has 0 fully saturated rings. The number of H-pyrrole nitrogens is 1. The quantitative estimate of drug-likeness (QED) is 0.720. The van der Waals surface area contributed by atoms with Crippen molar-refractivity contribution >= 4 is 28.6 Å². The molecule has 0 spiro atoms. The number of nitrogen functional groups attached to an aromatic ring is 1. The van der Waals surface area contributed by atoms with Crippen molar-refractivity contribution in [1.82, 2.24) is 9.97 Å². The molecule has 3 aromatic rings. The predicted molar refractivity (Wildman–Crippen MR) is 87.3 cm³/mol. The van der Waals surface area contributed by atoms with Gasteiger partial charge in [0.2, 0.25) is 0 Å². The summed E-state index contributed by atoms with van der Waals surface area (Å²) in [6.07, 6.45) is 2.77. The van der Waals surface area contributed by atoms with E-state index in [4.69, 9.17) is 5.73 Å². The van der Waals surface area contributed by atoms with E-state index >= 15 is 0 Å². The summed E-state index contributed by atoms with van der Waals surface area (Å²) in [5.74, 6) is -2.44. The van der Waals surface area contributed by atoms with Crippen LogP contribution in [-0.4, -0.2) is 23.0 Å². The first kappa shape index (κ1) is 15.7. The number of carbonyl (C=O) groups is 1. The molecule has 0 radical (unpaired) electrons. The molecule has 2 heterocycles. The Morgan fingerprint density at radius 3 is 2.75 bits per heavy atom. The number of hydrogen-bond donors (Lipinski definition) is 2. The second-order valence-corrected chi connectivity index (χ2v) is 5.02. The number of ether oxygens (including phenoxy) is 1. The van der Waals surface area contributed by atoms with Crippen LogP contribution in [0, 0.1) is 11.6 Å². The first-order valence-electron chi connectivity index (χ1n) is 6.95. The highest BCUT2D eigenvalue weighted by atomic mass is 19.1. The first-order chi connectivity index (χ1) is 11.5. The number of rotatable bonds is 3. The largest absolute Gasteiger partial charge is 0.464 e. The minimum Gasteiger partial charge on any atom is -0.464 e. The second-order valence-electron chi connectivity index (χ2n) is 5.02. The van der Waals surface area contributed by atoms with E-state index in [1.54, 1.807) is 18.3 Å². The van der Waals surface area contributed by atoms with Crippen LogP contribution < -0.4 is 5.73 Å². The number of halogens is 2. The van der Waals surface area contributed by atoms with Crippen LogP contribution in [0.2, 0.25) is 0 Å². The number of aromatic amines is 1. The van der Waals surface area contributed by atoms with E-state index < -0.39 is 17.6 Å². The van der Waals surface area contributed by atoms with Crippen LogP contribution in [0.4, 0.5) is 14.5 Å². The van der Waals surface area contributed by atoms with E-state index in [9.17, 15) is 13.6 Å². The Hall–Kier alpha value is -3.22. The molecule has 0 atom stereocenters. The number of nitrogens with two attached hydrogens (primary N) is 1. The zero-order valence-electron chi connectivity index (χ0n) is 12.7. The molecule has 24 heavy (non-hydrogen) atoms. The molecule has 5 nitrogen and oxygen atoms in total. The molecule has 0 aliphatic heterocycles. The van der Waals surface area contributed by atoms with Gasteiger partial charge in [0, 0.05) is 22.7 Å². The normalized spacial score (nSPS) is 10.8. The molecule has 0 unspecified atom stereocenters. The molecule has 0 saturated carbocycles. The Bertz CT molecular complexity index is 980. The van der Waals surface area contributed by atoms with E-state index in [-0.39, 0.29) is 33.7 Å². The van der Waals surface area contributed by atoms with Gasteiger partial charge in [-0.25, -0.2) is 18.6 Å². The number of nitrogens with zero attached hydrogens (tertiary/aromatic N) is 1. The maximum absolute atomic E-state index is 14.7. The molecule has 7 heteroatoms. The maximum atomic E-state index is 14.7. The summed E-state index contributed by atoms with van der Waals surface area (Å²) in [5, 5.41) is 0.625. The number of carbonyl (C=O) groups excluding carboxylic acids is 1. The van der Waals surface area contributed by atoms with E-state index in [0.717, 1.165) is 7.11 Å². The van der Waals surface area contributed by atoms with Gasteiger partial charge in [0.25, 0.3) is 0 Å². The molecular weight excluding hydrogens is 316 g/mol. The van der Waals surface area contributed by atoms with Crippen molar-refractivity contribution in [3.8, 4) is 11.3 Å². The molecule has 3 N–H and O–H groups in total. The molecule has 0 aliphatic rings. The Balaban J connectivity index is 2.34. The van der Waals surface area contributed by atoms with Crippen LogP contribution in [0.3, 0.4) is 0 Å². The number of anilines is 1. The van der Waals surface area contributed by atoms with Crippen LogP contribution in [0.5, 0.6) is 0 Å². The molecular formula is C17H13F2N3O2. The number of nitrogens with one attached hydrogen (secondary N) is 1. The van der Waals surface area contributed by atoms with Gasteiger partial charge in [-0.3, -0.25) is 0 Å². The highest BCUT2D eigenvalue weighted by Crippen LogP contribution is 2.33. The number of methoxy groups -OCH3 is 1. The second kappa shape index (κ2) is 5.77. The fraction of sp³-hybridized carbons (Fsp3) is 0.0588. The van der Waals surface area contributed by atoms with Crippen molar-refractivity contribution in [1.29, 1.82) is 0 Å². The molecule has 0 aliphatic carbocycles. The Kier molecular flexibility index (Phi) is 3.76. The lowest BCUT2D eigenvalue weighted by atomic mass is 10.0. The van der Waals surface area contributed by atoms with E-state index in [1.807, 2.05) is 0 Å². The summed E-state index contributed by atoms with van der Waals surface area (Å²) < 4.78 is 33.9. The first-order valence-corrected chi connectivity index (χ1v) is 6.95. The van der Waals surface area contributed by atoms with Gasteiger partial charge in [0.15, 0.2) is 17.3 Å². The molecule has 0 amide bonds. The lowest BCUT2D eigenvalue weighted by Gasteiger charge is -2.12. The Morgan fingerprint density at radius 2 is 2.08 bits per heavy atom. The molecule has 1 aromatic carbocycles. The summed E-state index contributed by atoms with van der Waals surface area (Å²) >= 11 is 0. The molecule has 3 rings (SSSR count). The van der Waals surface area contributed by atoms with Crippen molar-refractivity contribution in [3.05, 3.63) is 53.9 Å². The smallest absolute Gasteiger partial charge is 0.357 e. The zero-order chi connectivity index (χ0) is 17.4.